The minimum atomic E-state index is -3.00. The fourth-order valence-corrected chi connectivity index (χ4v) is 3.70. The molecule has 1 aliphatic rings. The molecule has 1 unspecified atom stereocenters. The third-order valence-corrected chi connectivity index (χ3v) is 4.79. The summed E-state index contributed by atoms with van der Waals surface area (Å²) >= 11 is 0. The van der Waals surface area contributed by atoms with Gasteiger partial charge in [0.05, 0.1) is 11.5 Å². The SMILES string of the molecule is O=C(NC1CCS(=O)(=O)C1)c1ccc(C#CCO)cc1. The lowest BCUT2D eigenvalue weighted by Crippen LogP contribution is -2.35. The molecule has 2 N–H and O–H groups in total. The molecule has 1 heterocycles. The zero-order valence-corrected chi connectivity index (χ0v) is 11.6. The Morgan fingerprint density at radius 3 is 2.60 bits per heavy atom. The lowest BCUT2D eigenvalue weighted by Gasteiger charge is -2.10. The van der Waals surface area contributed by atoms with Gasteiger partial charge in [0.1, 0.15) is 6.61 Å². The van der Waals surface area contributed by atoms with Crippen molar-refractivity contribution in [2.75, 3.05) is 18.1 Å². The zero-order chi connectivity index (χ0) is 14.6. The van der Waals surface area contributed by atoms with Crippen molar-refractivity contribution in [3.63, 3.8) is 0 Å². The van der Waals surface area contributed by atoms with Crippen molar-refractivity contribution in [1.82, 2.24) is 5.32 Å². The number of carbonyl (C=O) groups is 1. The van der Waals surface area contributed by atoms with E-state index < -0.39 is 9.84 Å². The molecule has 1 atom stereocenters. The molecule has 106 valence electrons. The molecule has 0 spiro atoms. The number of benzene rings is 1. The van der Waals surface area contributed by atoms with Crippen molar-refractivity contribution in [2.45, 2.75) is 12.5 Å². The summed E-state index contributed by atoms with van der Waals surface area (Å²) in [5.74, 6) is 5.11. The predicted octanol–water partition coefficient (Wildman–Crippen LogP) is -0.0527. The topological polar surface area (TPSA) is 83.5 Å². The number of nitrogens with one attached hydrogen (secondary N) is 1. The lowest BCUT2D eigenvalue weighted by molar-refractivity contribution is 0.0941. The highest BCUT2D eigenvalue weighted by atomic mass is 32.2. The monoisotopic (exact) mass is 293 g/mol. The number of rotatable bonds is 2. The first kappa shape index (κ1) is 14.6. The lowest BCUT2D eigenvalue weighted by atomic mass is 10.1. The van der Waals surface area contributed by atoms with Gasteiger partial charge < -0.3 is 10.4 Å². The highest BCUT2D eigenvalue weighted by molar-refractivity contribution is 7.91. The van der Waals surface area contributed by atoms with Gasteiger partial charge in [0, 0.05) is 17.2 Å². The van der Waals surface area contributed by atoms with E-state index in [1.807, 2.05) is 0 Å². The van der Waals surface area contributed by atoms with E-state index in [1.54, 1.807) is 24.3 Å². The van der Waals surface area contributed by atoms with Crippen LogP contribution in [0.3, 0.4) is 0 Å². The van der Waals surface area contributed by atoms with Crippen LogP contribution in [-0.2, 0) is 9.84 Å². The molecule has 6 heteroatoms. The average molecular weight is 293 g/mol. The van der Waals surface area contributed by atoms with E-state index in [4.69, 9.17) is 5.11 Å². The Morgan fingerprint density at radius 2 is 2.05 bits per heavy atom. The van der Waals surface area contributed by atoms with Gasteiger partial charge in [-0.25, -0.2) is 8.42 Å². The van der Waals surface area contributed by atoms with Crippen LogP contribution < -0.4 is 5.32 Å². The number of aliphatic hydroxyl groups is 1. The number of hydrogen-bond acceptors (Lipinski definition) is 4. The summed E-state index contributed by atoms with van der Waals surface area (Å²) in [6.07, 6.45) is 0.466. The number of aliphatic hydroxyl groups excluding tert-OH is 1. The van der Waals surface area contributed by atoms with Gasteiger partial charge in [-0.2, -0.15) is 0 Å². The maximum atomic E-state index is 12.0. The van der Waals surface area contributed by atoms with Crippen molar-refractivity contribution in [1.29, 1.82) is 0 Å². The molecule has 0 bridgehead atoms. The van der Waals surface area contributed by atoms with Gasteiger partial charge in [-0.15, -0.1) is 0 Å². The Labute approximate surface area is 117 Å². The maximum absolute atomic E-state index is 12.0. The van der Waals surface area contributed by atoms with Crippen LogP contribution in [0.4, 0.5) is 0 Å². The molecule has 0 radical (unpaired) electrons. The molecular weight excluding hydrogens is 278 g/mol. The Morgan fingerprint density at radius 1 is 1.35 bits per heavy atom. The van der Waals surface area contributed by atoms with Crippen LogP contribution in [0.1, 0.15) is 22.3 Å². The summed E-state index contributed by atoms with van der Waals surface area (Å²) < 4.78 is 22.6. The van der Waals surface area contributed by atoms with Gasteiger partial charge in [0.15, 0.2) is 9.84 Å². The molecule has 0 aliphatic carbocycles. The zero-order valence-electron chi connectivity index (χ0n) is 10.8. The molecular formula is C14H15NO4S. The summed E-state index contributed by atoms with van der Waals surface area (Å²) in [7, 11) is -3.00. The fourth-order valence-electron chi connectivity index (χ4n) is 2.02. The summed E-state index contributed by atoms with van der Waals surface area (Å²) in [6, 6.07) is 6.31. The summed E-state index contributed by atoms with van der Waals surface area (Å²) in [5.41, 5.74) is 1.17. The van der Waals surface area contributed by atoms with Gasteiger partial charge in [-0.05, 0) is 30.7 Å². The Balaban J connectivity index is 1.99. The van der Waals surface area contributed by atoms with Crippen LogP contribution in [0.15, 0.2) is 24.3 Å². The minimum absolute atomic E-state index is 0.0127. The second-order valence-corrected chi connectivity index (χ2v) is 6.84. The van der Waals surface area contributed by atoms with E-state index in [2.05, 4.69) is 17.2 Å². The number of sulfone groups is 1. The highest BCUT2D eigenvalue weighted by Crippen LogP contribution is 2.12. The predicted molar refractivity (Wildman–Crippen MR) is 74.9 cm³/mol. The molecule has 1 aromatic carbocycles. The van der Waals surface area contributed by atoms with E-state index in [1.165, 1.54) is 0 Å². The first-order valence-corrected chi connectivity index (χ1v) is 8.03. The Kier molecular flexibility index (Phi) is 4.42. The molecule has 1 amide bonds. The van der Waals surface area contributed by atoms with Gasteiger partial charge >= 0.3 is 0 Å². The number of carbonyl (C=O) groups excluding carboxylic acids is 1. The summed E-state index contributed by atoms with van der Waals surface area (Å²) in [6.45, 7) is -0.210. The first-order valence-electron chi connectivity index (χ1n) is 6.21. The largest absolute Gasteiger partial charge is 0.384 e. The maximum Gasteiger partial charge on any atom is 0.251 e. The molecule has 1 fully saturated rings. The Bertz CT molecular complexity index is 653. The van der Waals surface area contributed by atoms with Crippen LogP contribution >= 0.6 is 0 Å². The second kappa shape index (κ2) is 6.07. The van der Waals surface area contributed by atoms with Crippen molar-refractivity contribution >= 4 is 15.7 Å². The normalized spacial score (nSPS) is 19.9. The second-order valence-electron chi connectivity index (χ2n) is 4.61. The Hall–Kier alpha value is -1.84. The molecule has 2 rings (SSSR count). The van der Waals surface area contributed by atoms with Gasteiger partial charge in [-0.1, -0.05) is 11.8 Å². The molecule has 1 saturated heterocycles. The molecule has 0 aromatic heterocycles. The first-order chi connectivity index (χ1) is 9.50. The molecule has 1 aliphatic heterocycles. The van der Waals surface area contributed by atoms with E-state index in [9.17, 15) is 13.2 Å². The van der Waals surface area contributed by atoms with Crippen molar-refractivity contribution < 1.29 is 18.3 Å². The van der Waals surface area contributed by atoms with E-state index >= 15 is 0 Å². The molecule has 5 nitrogen and oxygen atoms in total. The van der Waals surface area contributed by atoms with Crippen molar-refractivity contribution in [3.05, 3.63) is 35.4 Å². The van der Waals surface area contributed by atoms with Gasteiger partial charge in [0.2, 0.25) is 0 Å². The van der Waals surface area contributed by atoms with E-state index in [-0.39, 0.29) is 30.1 Å². The molecule has 0 saturated carbocycles. The van der Waals surface area contributed by atoms with E-state index in [0.717, 1.165) is 0 Å². The summed E-state index contributed by atoms with van der Waals surface area (Å²) in [5, 5.41) is 11.3. The minimum Gasteiger partial charge on any atom is -0.384 e. The molecule has 1 aromatic rings. The van der Waals surface area contributed by atoms with Crippen molar-refractivity contribution in [2.24, 2.45) is 0 Å². The van der Waals surface area contributed by atoms with Crippen LogP contribution in [0.2, 0.25) is 0 Å². The van der Waals surface area contributed by atoms with Crippen LogP contribution in [0.25, 0.3) is 0 Å². The summed E-state index contributed by atoms with van der Waals surface area (Å²) in [4.78, 5) is 12.0. The average Bonchev–Trinajstić information content (AvgIpc) is 2.76. The fraction of sp³-hybridized carbons (Fsp3) is 0.357. The van der Waals surface area contributed by atoms with Crippen LogP contribution in [0.5, 0.6) is 0 Å². The van der Waals surface area contributed by atoms with E-state index in [0.29, 0.717) is 17.5 Å². The van der Waals surface area contributed by atoms with Crippen LogP contribution in [-0.4, -0.2) is 43.6 Å². The molecule has 20 heavy (non-hydrogen) atoms. The number of amides is 1. The van der Waals surface area contributed by atoms with Crippen molar-refractivity contribution in [3.8, 4) is 11.8 Å². The standard InChI is InChI=1S/C14H15NO4S/c16-8-1-2-11-3-5-12(6-4-11)14(17)15-13-7-9-20(18,19)10-13/h3-6,13,16H,7-10H2,(H,15,17). The van der Waals surface area contributed by atoms with Crippen LogP contribution in [0, 0.1) is 11.8 Å². The number of hydrogen-bond donors (Lipinski definition) is 2. The quantitative estimate of drug-likeness (QED) is 0.749. The van der Waals surface area contributed by atoms with Gasteiger partial charge in [-0.3, -0.25) is 4.79 Å². The third-order valence-electron chi connectivity index (χ3n) is 3.03. The van der Waals surface area contributed by atoms with Gasteiger partial charge in [0.25, 0.3) is 5.91 Å². The smallest absolute Gasteiger partial charge is 0.251 e. The highest BCUT2D eigenvalue weighted by Gasteiger charge is 2.28. The third kappa shape index (κ3) is 3.83.